The van der Waals surface area contributed by atoms with Gasteiger partial charge in [-0.3, -0.25) is 0 Å². The zero-order valence-electron chi connectivity index (χ0n) is 10.6. The van der Waals surface area contributed by atoms with Crippen molar-refractivity contribution in [3.05, 3.63) is 23.9 Å². The molecular weight excluding hydrogens is 232 g/mol. The van der Waals surface area contributed by atoms with Crippen LogP contribution in [-0.4, -0.2) is 46.1 Å². The van der Waals surface area contributed by atoms with Crippen LogP contribution in [0.2, 0.25) is 0 Å². The van der Waals surface area contributed by atoms with Crippen molar-refractivity contribution in [3.8, 4) is 0 Å². The molecule has 0 radical (unpaired) electrons. The van der Waals surface area contributed by atoms with Crippen LogP contribution in [0.5, 0.6) is 0 Å². The van der Waals surface area contributed by atoms with Crippen LogP contribution in [0.4, 0.5) is 5.95 Å². The highest BCUT2D eigenvalue weighted by Crippen LogP contribution is 2.07. The summed E-state index contributed by atoms with van der Waals surface area (Å²) in [5, 5.41) is 16.9. The number of aliphatic hydroxyl groups is 1. The second-order valence-electron chi connectivity index (χ2n) is 4.27. The predicted molar refractivity (Wildman–Crippen MR) is 68.7 cm³/mol. The van der Waals surface area contributed by atoms with Crippen LogP contribution >= 0.6 is 0 Å². The van der Waals surface area contributed by atoms with Crippen molar-refractivity contribution in [1.29, 1.82) is 0 Å². The highest BCUT2D eigenvalue weighted by molar-refractivity contribution is 5.45. The van der Waals surface area contributed by atoms with Crippen molar-refractivity contribution in [2.45, 2.75) is 19.4 Å². The Morgan fingerprint density at radius 2 is 2.39 bits per heavy atom. The molecule has 0 amide bonds. The van der Waals surface area contributed by atoms with Crippen molar-refractivity contribution < 1.29 is 9.84 Å². The highest BCUT2D eigenvalue weighted by atomic mass is 16.5. The molecule has 0 saturated heterocycles. The third kappa shape index (κ3) is 3.18. The van der Waals surface area contributed by atoms with Crippen LogP contribution < -0.4 is 5.32 Å². The summed E-state index contributed by atoms with van der Waals surface area (Å²) in [5.41, 5.74) is 1.96. The molecule has 1 atom stereocenters. The van der Waals surface area contributed by atoms with Gasteiger partial charge in [0.15, 0.2) is 5.65 Å². The molecule has 2 aromatic rings. The smallest absolute Gasteiger partial charge is 0.243 e. The average Bonchev–Trinajstić information content (AvgIpc) is 2.71. The van der Waals surface area contributed by atoms with Crippen molar-refractivity contribution in [3.63, 3.8) is 0 Å². The van der Waals surface area contributed by atoms with Gasteiger partial charge in [-0.2, -0.15) is 4.98 Å². The number of nitrogens with one attached hydrogen (secondary N) is 1. The molecule has 0 spiro atoms. The van der Waals surface area contributed by atoms with E-state index in [-0.39, 0.29) is 0 Å². The van der Waals surface area contributed by atoms with Crippen LogP contribution in [0.1, 0.15) is 12.0 Å². The summed E-state index contributed by atoms with van der Waals surface area (Å²) >= 11 is 0. The normalized spacial score (nSPS) is 12.8. The molecule has 0 aliphatic heterocycles. The minimum absolute atomic E-state index is 0.347. The average molecular weight is 250 g/mol. The van der Waals surface area contributed by atoms with Gasteiger partial charge >= 0.3 is 0 Å². The first kappa shape index (κ1) is 12.8. The van der Waals surface area contributed by atoms with Crippen LogP contribution in [0.15, 0.2) is 18.3 Å². The Balaban J connectivity index is 1.92. The van der Waals surface area contributed by atoms with E-state index < -0.39 is 6.10 Å². The van der Waals surface area contributed by atoms with E-state index in [9.17, 15) is 5.11 Å². The first-order valence-electron chi connectivity index (χ1n) is 5.93. The number of ether oxygens (including phenoxy) is 1. The summed E-state index contributed by atoms with van der Waals surface area (Å²) in [6.07, 6.45) is 2.02. The largest absolute Gasteiger partial charge is 0.391 e. The molecule has 18 heavy (non-hydrogen) atoms. The molecule has 6 nitrogen and oxygen atoms in total. The van der Waals surface area contributed by atoms with E-state index in [0.717, 1.165) is 11.2 Å². The number of aryl methyl sites for hydroxylation is 1. The fourth-order valence-electron chi connectivity index (χ4n) is 1.68. The minimum Gasteiger partial charge on any atom is -0.391 e. The third-order valence-corrected chi connectivity index (χ3v) is 2.61. The van der Waals surface area contributed by atoms with Crippen LogP contribution in [0, 0.1) is 6.92 Å². The van der Waals surface area contributed by atoms with Crippen LogP contribution in [0.25, 0.3) is 5.65 Å². The SMILES string of the molecule is COCC(O)CCNc1nc2cc(C)ccn2n1. The van der Waals surface area contributed by atoms with Crippen molar-refractivity contribution in [1.82, 2.24) is 14.6 Å². The summed E-state index contributed by atoms with van der Waals surface area (Å²) in [7, 11) is 1.57. The van der Waals surface area contributed by atoms with Crippen LogP contribution in [0.3, 0.4) is 0 Å². The first-order chi connectivity index (χ1) is 8.69. The Morgan fingerprint density at radius 3 is 3.17 bits per heavy atom. The molecule has 2 heterocycles. The van der Waals surface area contributed by atoms with Gasteiger partial charge in [-0.25, -0.2) is 4.52 Å². The molecule has 1 unspecified atom stereocenters. The molecule has 0 aliphatic rings. The number of aromatic nitrogens is 3. The highest BCUT2D eigenvalue weighted by Gasteiger charge is 2.05. The lowest BCUT2D eigenvalue weighted by atomic mass is 10.3. The van der Waals surface area contributed by atoms with E-state index in [1.165, 1.54) is 0 Å². The van der Waals surface area contributed by atoms with Gasteiger partial charge in [0.05, 0.1) is 12.7 Å². The molecule has 0 fully saturated rings. The Morgan fingerprint density at radius 1 is 1.56 bits per heavy atom. The number of aliphatic hydroxyl groups excluding tert-OH is 1. The van der Waals surface area contributed by atoms with E-state index in [2.05, 4.69) is 15.4 Å². The van der Waals surface area contributed by atoms with Gasteiger partial charge in [-0.1, -0.05) is 0 Å². The first-order valence-corrected chi connectivity index (χ1v) is 5.93. The molecule has 0 aliphatic carbocycles. The molecular formula is C12H18N4O2. The minimum atomic E-state index is -0.457. The third-order valence-electron chi connectivity index (χ3n) is 2.61. The lowest BCUT2D eigenvalue weighted by Gasteiger charge is -2.08. The maximum absolute atomic E-state index is 9.49. The number of fused-ring (bicyclic) bond motifs is 1. The Labute approximate surface area is 106 Å². The van der Waals surface area contributed by atoms with E-state index in [4.69, 9.17) is 4.74 Å². The molecule has 6 heteroatoms. The molecule has 2 N–H and O–H groups in total. The Kier molecular flexibility index (Phi) is 4.11. The number of pyridine rings is 1. The molecule has 0 saturated carbocycles. The Hall–Kier alpha value is -1.66. The molecule has 2 rings (SSSR count). The fourth-order valence-corrected chi connectivity index (χ4v) is 1.68. The van der Waals surface area contributed by atoms with E-state index >= 15 is 0 Å². The van der Waals surface area contributed by atoms with Gasteiger partial charge in [0, 0.05) is 19.9 Å². The molecule has 0 bridgehead atoms. The van der Waals surface area contributed by atoms with Gasteiger partial charge in [0.1, 0.15) is 0 Å². The lowest BCUT2D eigenvalue weighted by molar-refractivity contribution is 0.0615. The van der Waals surface area contributed by atoms with E-state index in [1.807, 2.05) is 25.3 Å². The van der Waals surface area contributed by atoms with Crippen molar-refractivity contribution >= 4 is 11.6 Å². The fraction of sp³-hybridized carbons (Fsp3) is 0.500. The maximum Gasteiger partial charge on any atom is 0.243 e. The predicted octanol–water partition coefficient (Wildman–Crippen LogP) is 0.847. The summed E-state index contributed by atoms with van der Waals surface area (Å²) < 4.78 is 6.58. The van der Waals surface area contributed by atoms with Gasteiger partial charge < -0.3 is 15.2 Å². The topological polar surface area (TPSA) is 71.7 Å². The van der Waals surface area contributed by atoms with Gasteiger partial charge in [0.25, 0.3) is 0 Å². The summed E-state index contributed by atoms with van der Waals surface area (Å²) in [5.74, 6) is 0.574. The van der Waals surface area contributed by atoms with Crippen molar-refractivity contribution in [2.24, 2.45) is 0 Å². The second kappa shape index (κ2) is 5.79. The number of hydrogen-bond donors (Lipinski definition) is 2. The van der Waals surface area contributed by atoms with E-state index in [1.54, 1.807) is 11.6 Å². The number of methoxy groups -OCH3 is 1. The monoisotopic (exact) mass is 250 g/mol. The molecule has 2 aromatic heterocycles. The standard InChI is InChI=1S/C12H18N4O2/c1-9-4-6-16-11(7-9)14-12(15-16)13-5-3-10(17)8-18-2/h4,6-7,10,17H,3,5,8H2,1-2H3,(H,13,15). The van der Waals surface area contributed by atoms with Gasteiger partial charge in [-0.05, 0) is 31.0 Å². The van der Waals surface area contributed by atoms with Crippen molar-refractivity contribution in [2.75, 3.05) is 25.6 Å². The van der Waals surface area contributed by atoms with Crippen LogP contribution in [-0.2, 0) is 4.74 Å². The van der Waals surface area contributed by atoms with E-state index in [0.29, 0.717) is 25.5 Å². The quantitative estimate of drug-likeness (QED) is 0.795. The molecule has 98 valence electrons. The maximum atomic E-state index is 9.49. The molecule has 0 aromatic carbocycles. The second-order valence-corrected chi connectivity index (χ2v) is 4.27. The summed E-state index contributed by atoms with van der Waals surface area (Å²) in [6.45, 7) is 2.97. The number of rotatable bonds is 6. The van der Waals surface area contributed by atoms with Gasteiger partial charge in [0.2, 0.25) is 5.95 Å². The Bertz CT molecular complexity index is 512. The number of nitrogens with zero attached hydrogens (tertiary/aromatic N) is 3. The zero-order valence-corrected chi connectivity index (χ0v) is 10.6. The summed E-state index contributed by atoms with van der Waals surface area (Å²) in [4.78, 5) is 4.34. The van der Waals surface area contributed by atoms with Gasteiger partial charge in [-0.15, -0.1) is 5.10 Å². The summed E-state index contributed by atoms with van der Waals surface area (Å²) in [6, 6.07) is 3.95. The number of anilines is 1. The zero-order chi connectivity index (χ0) is 13.0. The lowest BCUT2D eigenvalue weighted by Crippen LogP contribution is -2.18. The number of hydrogen-bond acceptors (Lipinski definition) is 5.